The van der Waals surface area contributed by atoms with Crippen LogP contribution in [-0.2, 0) is 23.8 Å². The second kappa shape index (κ2) is 52.0. The molecule has 1 amide bonds. The van der Waals surface area contributed by atoms with Gasteiger partial charge in [0.2, 0.25) is 5.91 Å². The zero-order valence-electron chi connectivity index (χ0n) is 47.8. The number of rotatable bonds is 49. The average Bonchev–Trinajstić information content (AvgIpc) is 3.42. The van der Waals surface area contributed by atoms with Gasteiger partial charge in [-0.1, -0.05) is 239 Å². The molecule has 434 valence electrons. The van der Waals surface area contributed by atoms with Crippen LogP contribution in [0.3, 0.4) is 0 Å². The lowest BCUT2D eigenvalue weighted by Crippen LogP contribution is -2.61. The van der Waals surface area contributed by atoms with Crippen LogP contribution >= 0.6 is 0 Å². The Hall–Kier alpha value is -3.68. The Morgan fingerprint density at radius 1 is 0.539 bits per heavy atom. The van der Waals surface area contributed by atoms with Gasteiger partial charge in [0.05, 0.1) is 25.4 Å². The monoisotopic (exact) mass is 1060 g/mol. The first-order chi connectivity index (χ1) is 37.2. The van der Waals surface area contributed by atoms with Crippen LogP contribution in [0.1, 0.15) is 226 Å². The molecule has 11 nitrogen and oxygen atoms in total. The minimum atomic E-state index is -1.63. The molecule has 0 aromatic carbocycles. The minimum Gasteiger partial charge on any atom is -0.454 e. The Morgan fingerprint density at radius 2 is 1.00 bits per heavy atom. The van der Waals surface area contributed by atoms with Gasteiger partial charge in [-0.3, -0.25) is 9.59 Å². The number of carbonyl (C=O) groups is 2. The van der Waals surface area contributed by atoms with E-state index >= 15 is 0 Å². The fraction of sp³-hybridized carbons (Fsp3) is 0.692. The van der Waals surface area contributed by atoms with E-state index in [2.05, 4.69) is 86.8 Å². The smallest absolute Gasteiger partial charge is 0.306 e. The normalized spacial score (nSPS) is 19.9. The SMILES string of the molecule is CC/C=C/C=C/C=C/C=C\CCCCCCC(O)C(=O)NC(COC1OC(CO)C(O)C(O)C1OC(=O)CCCCCCC/C=C\C/C=C\C/C=C\C/C=C\CCCCC)C(O)/C=C/CCCCCCCCCCCC. The van der Waals surface area contributed by atoms with Crippen molar-refractivity contribution >= 4 is 11.9 Å². The lowest BCUT2D eigenvalue weighted by molar-refractivity contribution is -0.305. The van der Waals surface area contributed by atoms with E-state index in [1.807, 2.05) is 42.5 Å². The van der Waals surface area contributed by atoms with Gasteiger partial charge in [-0.2, -0.15) is 0 Å². The van der Waals surface area contributed by atoms with Crippen LogP contribution in [0, 0.1) is 0 Å². The number of allylic oxidation sites excluding steroid dienone is 17. The number of amides is 1. The summed E-state index contributed by atoms with van der Waals surface area (Å²) in [5.41, 5.74) is 0. The van der Waals surface area contributed by atoms with Gasteiger partial charge in [0.25, 0.3) is 0 Å². The summed E-state index contributed by atoms with van der Waals surface area (Å²) in [5, 5.41) is 56.9. The topological polar surface area (TPSA) is 175 Å². The molecule has 1 heterocycles. The number of nitrogens with one attached hydrogen (secondary N) is 1. The molecule has 0 radical (unpaired) electrons. The Bertz CT molecular complexity index is 1650. The number of hydrogen-bond acceptors (Lipinski definition) is 10. The fourth-order valence-electron chi connectivity index (χ4n) is 8.70. The molecule has 8 atom stereocenters. The first kappa shape index (κ1) is 70.3. The maximum atomic E-state index is 13.4. The fourth-order valence-corrected chi connectivity index (χ4v) is 8.70. The van der Waals surface area contributed by atoms with Crippen LogP contribution in [-0.4, -0.2) is 99.6 Å². The third kappa shape index (κ3) is 39.6. The summed E-state index contributed by atoms with van der Waals surface area (Å²) in [6.07, 6.45) is 59.8. The maximum absolute atomic E-state index is 13.4. The molecule has 6 N–H and O–H groups in total. The zero-order chi connectivity index (χ0) is 55.4. The van der Waals surface area contributed by atoms with Gasteiger partial charge in [0.1, 0.15) is 24.4 Å². The number of ether oxygens (including phenoxy) is 3. The van der Waals surface area contributed by atoms with Crippen LogP contribution < -0.4 is 5.32 Å². The molecule has 1 rings (SSSR count). The van der Waals surface area contributed by atoms with Gasteiger partial charge in [-0.25, -0.2) is 0 Å². The van der Waals surface area contributed by atoms with Crippen molar-refractivity contribution in [3.8, 4) is 0 Å². The van der Waals surface area contributed by atoms with Gasteiger partial charge in [-0.15, -0.1) is 0 Å². The summed E-state index contributed by atoms with van der Waals surface area (Å²) in [7, 11) is 0. The highest BCUT2D eigenvalue weighted by Gasteiger charge is 2.47. The first-order valence-corrected chi connectivity index (χ1v) is 30.2. The van der Waals surface area contributed by atoms with E-state index in [1.165, 1.54) is 70.6 Å². The van der Waals surface area contributed by atoms with E-state index in [0.717, 1.165) is 109 Å². The van der Waals surface area contributed by atoms with Crippen LogP contribution in [0.4, 0.5) is 0 Å². The zero-order valence-corrected chi connectivity index (χ0v) is 47.8. The minimum absolute atomic E-state index is 0.0933. The molecule has 0 aliphatic carbocycles. The highest BCUT2D eigenvalue weighted by Crippen LogP contribution is 2.26. The number of aliphatic hydroxyl groups excluding tert-OH is 5. The Labute approximate surface area is 462 Å². The van der Waals surface area contributed by atoms with Gasteiger partial charge in [-0.05, 0) is 89.9 Å². The summed E-state index contributed by atoms with van der Waals surface area (Å²) in [4.78, 5) is 26.5. The van der Waals surface area contributed by atoms with E-state index in [1.54, 1.807) is 6.08 Å². The van der Waals surface area contributed by atoms with Crippen molar-refractivity contribution < 1.29 is 49.3 Å². The Balaban J connectivity index is 2.72. The third-order valence-electron chi connectivity index (χ3n) is 13.5. The second-order valence-corrected chi connectivity index (χ2v) is 20.4. The molecular weight excluding hydrogens is 955 g/mol. The van der Waals surface area contributed by atoms with Crippen molar-refractivity contribution in [2.45, 2.75) is 275 Å². The first-order valence-electron chi connectivity index (χ1n) is 30.2. The van der Waals surface area contributed by atoms with Crippen LogP contribution in [0.5, 0.6) is 0 Å². The van der Waals surface area contributed by atoms with E-state index in [-0.39, 0.29) is 19.4 Å². The molecule has 1 saturated heterocycles. The molecule has 0 bridgehead atoms. The van der Waals surface area contributed by atoms with Crippen LogP contribution in [0.25, 0.3) is 0 Å². The molecule has 0 aromatic heterocycles. The molecule has 1 aliphatic rings. The molecule has 0 aromatic rings. The third-order valence-corrected chi connectivity index (χ3v) is 13.5. The highest BCUT2D eigenvalue weighted by atomic mass is 16.7. The van der Waals surface area contributed by atoms with Gasteiger partial charge in [0, 0.05) is 6.42 Å². The van der Waals surface area contributed by atoms with Crippen molar-refractivity contribution in [2.24, 2.45) is 0 Å². The van der Waals surface area contributed by atoms with Crippen molar-refractivity contribution in [2.75, 3.05) is 13.2 Å². The molecule has 11 heteroatoms. The quantitative estimate of drug-likeness (QED) is 0.0149. The predicted octanol–water partition coefficient (Wildman–Crippen LogP) is 14.1. The van der Waals surface area contributed by atoms with Gasteiger partial charge in [0.15, 0.2) is 12.4 Å². The number of unbranched alkanes of at least 4 members (excludes halogenated alkanes) is 22. The standard InChI is InChI=1S/C65H109NO10/c1-4-7-10-13-16-19-22-25-27-28-29-30-31-32-33-35-38-41-44-47-50-53-60(70)76-63-62(72)61(71)59(54-67)75-65(63)74-55-56(57(68)51-48-45-42-39-36-24-21-18-15-12-9-6-3)66-64(73)58(69)52-49-46-43-40-37-34-26-23-20-17-14-11-8-5-2/h8,11,14,16-17,19-20,23,25-27,29-30,32-34,48,51,56-59,61-63,65,67-69,71-72H,4-7,9-10,12-13,15,18,21-22,24,28,31,35-47,49-50,52-55H2,1-3H3,(H,66,73)/b11-8+,17-14+,19-16-,23-20+,27-25-,30-29-,33-32-,34-26-,51-48+. The average molecular weight is 1060 g/mol. The molecule has 8 unspecified atom stereocenters. The Morgan fingerprint density at radius 3 is 1.57 bits per heavy atom. The molecule has 76 heavy (non-hydrogen) atoms. The van der Waals surface area contributed by atoms with E-state index < -0.39 is 67.4 Å². The Kier molecular flexibility index (Phi) is 48.2. The van der Waals surface area contributed by atoms with Crippen molar-refractivity contribution in [1.29, 1.82) is 0 Å². The van der Waals surface area contributed by atoms with Crippen LogP contribution in [0.15, 0.2) is 109 Å². The summed E-state index contributed by atoms with van der Waals surface area (Å²) < 4.78 is 17.6. The summed E-state index contributed by atoms with van der Waals surface area (Å²) in [6.45, 7) is 5.57. The van der Waals surface area contributed by atoms with E-state index in [9.17, 15) is 35.1 Å². The highest BCUT2D eigenvalue weighted by molar-refractivity contribution is 5.80. The van der Waals surface area contributed by atoms with Crippen molar-refractivity contribution in [3.63, 3.8) is 0 Å². The summed E-state index contributed by atoms with van der Waals surface area (Å²) in [5.74, 6) is -1.25. The molecule has 0 saturated carbocycles. The number of carbonyl (C=O) groups excluding carboxylic acids is 2. The lowest BCUT2D eigenvalue weighted by atomic mass is 9.99. The second-order valence-electron chi connectivity index (χ2n) is 20.4. The number of aliphatic hydroxyl groups is 5. The molecule has 0 spiro atoms. The van der Waals surface area contributed by atoms with Crippen molar-refractivity contribution in [3.05, 3.63) is 109 Å². The summed E-state index contributed by atoms with van der Waals surface area (Å²) in [6, 6.07) is -1.05. The molecular formula is C65H109NO10. The van der Waals surface area contributed by atoms with Crippen LogP contribution in [0.2, 0.25) is 0 Å². The number of hydrogen-bond donors (Lipinski definition) is 6. The predicted molar refractivity (Wildman–Crippen MR) is 315 cm³/mol. The summed E-state index contributed by atoms with van der Waals surface area (Å²) >= 11 is 0. The molecule has 1 aliphatic heterocycles. The van der Waals surface area contributed by atoms with E-state index in [4.69, 9.17) is 14.2 Å². The number of esters is 1. The van der Waals surface area contributed by atoms with Gasteiger partial charge < -0.3 is 45.1 Å². The maximum Gasteiger partial charge on any atom is 0.306 e. The lowest BCUT2D eigenvalue weighted by Gasteiger charge is -2.41. The largest absolute Gasteiger partial charge is 0.454 e. The van der Waals surface area contributed by atoms with E-state index in [0.29, 0.717) is 12.8 Å². The van der Waals surface area contributed by atoms with Crippen molar-refractivity contribution in [1.82, 2.24) is 5.32 Å². The molecule has 1 fully saturated rings. The van der Waals surface area contributed by atoms with Gasteiger partial charge >= 0.3 is 5.97 Å².